The minimum Gasteiger partial charge on any atom is -0.373 e. The first kappa shape index (κ1) is 24.2. The summed E-state index contributed by atoms with van der Waals surface area (Å²) in [5.74, 6) is 0.243. The Balaban J connectivity index is 0.00000182. The molecule has 154 valence electrons. The number of nitrogens with one attached hydrogen (secondary N) is 1. The van der Waals surface area contributed by atoms with Gasteiger partial charge in [-0.25, -0.2) is 0 Å². The van der Waals surface area contributed by atoms with Gasteiger partial charge in [0.2, 0.25) is 5.91 Å². The van der Waals surface area contributed by atoms with Crippen molar-refractivity contribution in [1.82, 2.24) is 10.2 Å². The first-order valence-electron chi connectivity index (χ1n) is 9.48. The van der Waals surface area contributed by atoms with Gasteiger partial charge < -0.3 is 15.8 Å². The van der Waals surface area contributed by atoms with Crippen LogP contribution in [0.2, 0.25) is 0 Å². The van der Waals surface area contributed by atoms with E-state index in [4.69, 9.17) is 10.5 Å². The number of hydrogen-bond acceptors (Lipinski definition) is 4. The molecule has 4 unspecified atom stereocenters. The monoisotopic (exact) mass is 417 g/mol. The van der Waals surface area contributed by atoms with Gasteiger partial charge in [-0.3, -0.25) is 9.69 Å². The normalized spacial score (nSPS) is 28.1. The van der Waals surface area contributed by atoms with Crippen LogP contribution >= 0.6 is 24.8 Å². The van der Waals surface area contributed by atoms with Crippen LogP contribution in [0.15, 0.2) is 24.3 Å². The molecule has 0 spiro atoms. The SMILES string of the molecule is CC1CN(Cc2ccc(CNC(=O)C3CCC(N)C3)cc2)CC(C)O1.Cl.Cl. The topological polar surface area (TPSA) is 67.6 Å². The number of nitrogens with zero attached hydrogens (tertiary/aromatic N) is 1. The molecule has 0 bridgehead atoms. The average molecular weight is 418 g/mol. The first-order valence-corrected chi connectivity index (χ1v) is 9.48. The largest absolute Gasteiger partial charge is 0.373 e. The molecule has 1 saturated heterocycles. The van der Waals surface area contributed by atoms with Gasteiger partial charge in [0.1, 0.15) is 0 Å². The highest BCUT2D eigenvalue weighted by molar-refractivity contribution is 5.85. The summed E-state index contributed by atoms with van der Waals surface area (Å²) < 4.78 is 5.79. The summed E-state index contributed by atoms with van der Waals surface area (Å²) in [6.07, 6.45) is 3.29. The van der Waals surface area contributed by atoms with Crippen molar-refractivity contribution < 1.29 is 9.53 Å². The lowest BCUT2D eigenvalue weighted by atomic mass is 10.1. The van der Waals surface area contributed by atoms with Crippen molar-refractivity contribution in [2.75, 3.05) is 13.1 Å². The lowest BCUT2D eigenvalue weighted by Gasteiger charge is -2.35. The molecule has 1 aliphatic heterocycles. The molecule has 1 aromatic carbocycles. The number of hydrogen-bond donors (Lipinski definition) is 2. The van der Waals surface area contributed by atoms with Crippen LogP contribution in [0.1, 0.15) is 44.2 Å². The van der Waals surface area contributed by atoms with Gasteiger partial charge in [0.25, 0.3) is 0 Å². The van der Waals surface area contributed by atoms with Crippen molar-refractivity contribution in [1.29, 1.82) is 0 Å². The minimum absolute atomic E-state index is 0. The fourth-order valence-electron chi connectivity index (χ4n) is 4.02. The first-order chi connectivity index (χ1) is 12.0. The van der Waals surface area contributed by atoms with Crippen LogP contribution in [0.5, 0.6) is 0 Å². The molecule has 1 saturated carbocycles. The summed E-state index contributed by atoms with van der Waals surface area (Å²) in [6, 6.07) is 8.75. The quantitative estimate of drug-likeness (QED) is 0.772. The molecule has 7 heteroatoms. The average Bonchev–Trinajstić information content (AvgIpc) is 2.99. The van der Waals surface area contributed by atoms with E-state index in [0.29, 0.717) is 18.8 Å². The van der Waals surface area contributed by atoms with E-state index in [1.54, 1.807) is 0 Å². The van der Waals surface area contributed by atoms with Crippen LogP contribution in [0.25, 0.3) is 0 Å². The second-order valence-corrected chi connectivity index (χ2v) is 7.76. The molecule has 1 heterocycles. The van der Waals surface area contributed by atoms with E-state index in [0.717, 1.165) is 44.5 Å². The van der Waals surface area contributed by atoms with Gasteiger partial charge in [0.05, 0.1) is 12.2 Å². The molecular weight excluding hydrogens is 385 g/mol. The number of carbonyl (C=O) groups is 1. The van der Waals surface area contributed by atoms with Crippen LogP contribution < -0.4 is 11.1 Å². The van der Waals surface area contributed by atoms with E-state index >= 15 is 0 Å². The van der Waals surface area contributed by atoms with Crippen LogP contribution in [0, 0.1) is 5.92 Å². The Morgan fingerprint density at radius 3 is 2.26 bits per heavy atom. The summed E-state index contributed by atoms with van der Waals surface area (Å²) in [6.45, 7) is 7.76. The van der Waals surface area contributed by atoms with Crippen LogP contribution in [-0.4, -0.2) is 42.1 Å². The Bertz CT molecular complexity index is 575. The molecule has 1 amide bonds. The summed E-state index contributed by atoms with van der Waals surface area (Å²) in [4.78, 5) is 14.6. The zero-order valence-electron chi connectivity index (χ0n) is 16.2. The number of halogens is 2. The van der Waals surface area contributed by atoms with Gasteiger partial charge in [0.15, 0.2) is 0 Å². The van der Waals surface area contributed by atoms with E-state index in [1.807, 2.05) is 0 Å². The second-order valence-electron chi connectivity index (χ2n) is 7.76. The molecule has 1 aliphatic carbocycles. The minimum atomic E-state index is 0. The number of ether oxygens (including phenoxy) is 1. The molecule has 2 fully saturated rings. The smallest absolute Gasteiger partial charge is 0.223 e. The molecule has 2 aliphatic rings. The van der Waals surface area contributed by atoms with E-state index in [1.165, 1.54) is 5.56 Å². The fraction of sp³-hybridized carbons (Fsp3) is 0.650. The predicted octanol–water partition coefficient (Wildman–Crippen LogP) is 2.88. The molecular formula is C20H33Cl2N3O2. The van der Waals surface area contributed by atoms with Crippen LogP contribution in [-0.2, 0) is 22.6 Å². The number of carbonyl (C=O) groups excluding carboxylic acids is 1. The summed E-state index contributed by atoms with van der Waals surface area (Å²) in [7, 11) is 0. The zero-order valence-corrected chi connectivity index (χ0v) is 17.9. The summed E-state index contributed by atoms with van der Waals surface area (Å²) in [5, 5.41) is 3.05. The molecule has 3 N–H and O–H groups in total. The van der Waals surface area contributed by atoms with Crippen molar-refractivity contribution >= 4 is 30.7 Å². The maximum Gasteiger partial charge on any atom is 0.223 e. The molecule has 4 atom stereocenters. The molecule has 0 aromatic heterocycles. The lowest BCUT2D eigenvalue weighted by Crippen LogP contribution is -2.44. The van der Waals surface area contributed by atoms with Gasteiger partial charge in [0, 0.05) is 38.1 Å². The van der Waals surface area contributed by atoms with E-state index in [9.17, 15) is 4.79 Å². The lowest BCUT2D eigenvalue weighted by molar-refractivity contribution is -0.125. The Labute approximate surface area is 175 Å². The van der Waals surface area contributed by atoms with Crippen molar-refractivity contribution in [2.45, 2.75) is 64.4 Å². The van der Waals surface area contributed by atoms with Gasteiger partial charge in [-0.2, -0.15) is 0 Å². The van der Waals surface area contributed by atoms with Crippen LogP contribution in [0.3, 0.4) is 0 Å². The second kappa shape index (κ2) is 11.2. The molecule has 27 heavy (non-hydrogen) atoms. The standard InChI is InChI=1S/C20H31N3O2.2ClH/c1-14-11-23(12-15(2)25-14)13-17-5-3-16(4-6-17)10-22-20(24)18-7-8-19(21)9-18;;/h3-6,14-15,18-19H,7-13,21H2,1-2H3,(H,22,24);2*1H. The zero-order chi connectivity index (χ0) is 17.8. The Morgan fingerprint density at radius 2 is 1.70 bits per heavy atom. The fourth-order valence-corrected chi connectivity index (χ4v) is 4.02. The van der Waals surface area contributed by atoms with Crippen molar-refractivity contribution in [3.8, 4) is 0 Å². The number of nitrogens with two attached hydrogens (primary N) is 1. The van der Waals surface area contributed by atoms with E-state index in [2.05, 4.69) is 48.3 Å². The number of amides is 1. The Morgan fingerprint density at radius 1 is 1.11 bits per heavy atom. The third kappa shape index (κ3) is 7.24. The molecule has 0 radical (unpaired) electrons. The van der Waals surface area contributed by atoms with Crippen molar-refractivity contribution in [3.63, 3.8) is 0 Å². The number of morpholine rings is 1. The summed E-state index contributed by atoms with van der Waals surface area (Å²) in [5.41, 5.74) is 8.33. The molecule has 1 aromatic rings. The predicted molar refractivity (Wildman–Crippen MR) is 113 cm³/mol. The van der Waals surface area contributed by atoms with Gasteiger partial charge in [-0.05, 0) is 44.2 Å². The highest BCUT2D eigenvalue weighted by atomic mass is 35.5. The van der Waals surface area contributed by atoms with Crippen LogP contribution in [0.4, 0.5) is 0 Å². The van der Waals surface area contributed by atoms with Gasteiger partial charge >= 0.3 is 0 Å². The molecule has 5 nitrogen and oxygen atoms in total. The highest BCUT2D eigenvalue weighted by Gasteiger charge is 2.27. The van der Waals surface area contributed by atoms with Crippen molar-refractivity contribution in [3.05, 3.63) is 35.4 Å². The number of benzene rings is 1. The maximum atomic E-state index is 12.2. The van der Waals surface area contributed by atoms with E-state index < -0.39 is 0 Å². The van der Waals surface area contributed by atoms with E-state index in [-0.39, 0.29) is 42.7 Å². The highest BCUT2D eigenvalue weighted by Crippen LogP contribution is 2.24. The maximum absolute atomic E-state index is 12.2. The summed E-state index contributed by atoms with van der Waals surface area (Å²) >= 11 is 0. The Hall–Kier alpha value is -0.850. The molecule has 3 rings (SSSR count). The van der Waals surface area contributed by atoms with Gasteiger partial charge in [-0.15, -0.1) is 24.8 Å². The van der Waals surface area contributed by atoms with Gasteiger partial charge in [-0.1, -0.05) is 24.3 Å². The van der Waals surface area contributed by atoms with Crippen molar-refractivity contribution in [2.24, 2.45) is 11.7 Å². The number of rotatable bonds is 5. The Kier molecular flexibility index (Phi) is 10.1. The third-order valence-electron chi connectivity index (χ3n) is 5.24. The third-order valence-corrected chi connectivity index (χ3v) is 5.24.